The average molecular weight is 358 g/mol. The molecule has 0 spiro atoms. The second kappa shape index (κ2) is 7.21. The Balaban J connectivity index is 2.05. The Morgan fingerprint density at radius 1 is 1.12 bits per heavy atom. The molecule has 0 radical (unpaired) electrons. The van der Waals surface area contributed by atoms with Crippen molar-refractivity contribution in [3.05, 3.63) is 82.9 Å². The molecule has 1 aromatic heterocycles. The molecule has 0 aliphatic heterocycles. The van der Waals surface area contributed by atoms with Gasteiger partial charge < -0.3 is 9.12 Å². The van der Waals surface area contributed by atoms with Crippen LogP contribution in [-0.4, -0.2) is 19.8 Å². The molecule has 6 heteroatoms. The minimum absolute atomic E-state index is 0.616. The van der Waals surface area contributed by atoms with Gasteiger partial charge in [-0.25, -0.2) is 4.98 Å². The molecule has 1 heterocycles. The number of rotatable bonds is 4. The van der Waals surface area contributed by atoms with Crippen molar-refractivity contribution in [1.29, 1.82) is 0 Å². The van der Waals surface area contributed by atoms with Crippen molar-refractivity contribution in [2.75, 3.05) is 0 Å². The van der Waals surface area contributed by atoms with Crippen molar-refractivity contribution in [2.24, 2.45) is 11.4 Å². The van der Waals surface area contributed by atoms with Gasteiger partial charge in [0.05, 0.1) is 18.2 Å². The molecule has 2 aromatic carbocycles. The largest absolute Gasteiger partial charge is 0.586 e. The predicted octanol–water partition coefficient (Wildman–Crippen LogP) is 3.94. The third-order valence-electron chi connectivity index (χ3n) is 3.57. The van der Waals surface area contributed by atoms with Gasteiger partial charge in [-0.3, -0.25) is 0 Å². The lowest BCUT2D eigenvalue weighted by Gasteiger charge is -2.09. The quantitative estimate of drug-likeness (QED) is 0.524. The van der Waals surface area contributed by atoms with Crippen LogP contribution in [0.15, 0.2) is 70.3 Å². The second-order valence-electron chi connectivity index (χ2n) is 5.40. The number of hydrogen-bond acceptors (Lipinski definition) is 3. The van der Waals surface area contributed by atoms with Crippen LogP contribution < -0.4 is 0 Å². The molecular formula is C18H16ClN3OS. The number of nitrogens with zero attached hydrogens (tertiary/aromatic N) is 3. The normalized spacial score (nSPS) is 13.1. The van der Waals surface area contributed by atoms with Crippen molar-refractivity contribution >= 4 is 28.7 Å². The average Bonchev–Trinajstić information content (AvgIpc) is 3.00. The predicted molar refractivity (Wildman–Crippen MR) is 97.9 cm³/mol. The van der Waals surface area contributed by atoms with E-state index in [0.717, 1.165) is 16.8 Å². The van der Waals surface area contributed by atoms with E-state index in [4.69, 9.17) is 11.6 Å². The summed E-state index contributed by atoms with van der Waals surface area (Å²) in [6, 6.07) is 14.8. The summed E-state index contributed by atoms with van der Waals surface area (Å²) < 4.78 is 19.0. The van der Waals surface area contributed by atoms with Crippen LogP contribution in [0.2, 0.25) is 5.02 Å². The molecule has 3 aromatic rings. The molecule has 0 saturated carbocycles. The molecule has 0 fully saturated rings. The van der Waals surface area contributed by atoms with E-state index in [1.165, 1.54) is 0 Å². The lowest BCUT2D eigenvalue weighted by molar-refractivity contribution is 0.597. The van der Waals surface area contributed by atoms with Crippen molar-refractivity contribution in [3.8, 4) is 0 Å². The number of halogens is 1. The Bertz CT molecular complexity index is 857. The molecule has 122 valence electrons. The van der Waals surface area contributed by atoms with E-state index in [9.17, 15) is 4.55 Å². The third kappa shape index (κ3) is 3.70. The summed E-state index contributed by atoms with van der Waals surface area (Å²) in [6.07, 6.45) is 3.40. The molecule has 3 rings (SSSR count). The van der Waals surface area contributed by atoms with Crippen molar-refractivity contribution in [1.82, 2.24) is 9.55 Å². The number of aromatic nitrogens is 2. The molecule has 1 unspecified atom stereocenters. The Labute approximate surface area is 149 Å². The molecule has 0 saturated heterocycles. The monoisotopic (exact) mass is 357 g/mol. The summed E-state index contributed by atoms with van der Waals surface area (Å²) in [5, 5.41) is 0.641. The summed E-state index contributed by atoms with van der Waals surface area (Å²) in [5.41, 5.74) is 3.36. The zero-order valence-corrected chi connectivity index (χ0v) is 14.9. The molecule has 4 nitrogen and oxygen atoms in total. The first-order valence-electron chi connectivity index (χ1n) is 7.34. The van der Waals surface area contributed by atoms with Gasteiger partial charge >= 0.3 is 0 Å². The Hall–Kier alpha value is -2.08. The molecule has 0 bridgehead atoms. The molecule has 0 amide bonds. The van der Waals surface area contributed by atoms with Crippen LogP contribution in [0.5, 0.6) is 0 Å². The number of imidazole rings is 1. The lowest BCUT2D eigenvalue weighted by Crippen LogP contribution is -2.12. The van der Waals surface area contributed by atoms with Gasteiger partial charge in [-0.2, -0.15) is 0 Å². The summed E-state index contributed by atoms with van der Waals surface area (Å²) in [7, 11) is 1.88. The van der Waals surface area contributed by atoms with E-state index in [2.05, 4.69) is 9.38 Å². The number of benzene rings is 2. The highest BCUT2D eigenvalue weighted by molar-refractivity contribution is 7.90. The molecule has 0 aliphatic carbocycles. The van der Waals surface area contributed by atoms with Crippen LogP contribution in [-0.2, 0) is 18.4 Å². The van der Waals surface area contributed by atoms with E-state index < -0.39 is 11.4 Å². The van der Waals surface area contributed by atoms with Crippen LogP contribution in [0.25, 0.3) is 0 Å². The minimum Gasteiger partial charge on any atom is -0.586 e. The highest BCUT2D eigenvalue weighted by Gasteiger charge is 2.18. The van der Waals surface area contributed by atoms with Gasteiger partial charge in [0.1, 0.15) is 17.1 Å². The summed E-state index contributed by atoms with van der Waals surface area (Å²) in [4.78, 5) is 4.80. The number of hydrogen-bond donors (Lipinski definition) is 0. The Morgan fingerprint density at radius 2 is 1.79 bits per heavy atom. The van der Waals surface area contributed by atoms with Crippen LogP contribution >= 0.6 is 11.6 Å². The Kier molecular flexibility index (Phi) is 5.04. The molecule has 1 atom stereocenters. The highest BCUT2D eigenvalue weighted by Crippen LogP contribution is 2.19. The standard InChI is InChI=1S/C18H16ClN3OS/c1-13-3-9-16(10-4-13)24(23)21-18(17-11-20-12-22(17)2)14-5-7-15(19)8-6-14/h3-12H,1-2H3/b21-18+. The SMILES string of the molecule is Cc1ccc([S+]([O-])/N=C(\c2ccc(Cl)cc2)c2cncn2C)cc1. The van der Waals surface area contributed by atoms with E-state index in [0.29, 0.717) is 15.6 Å². The van der Waals surface area contributed by atoms with Crippen LogP contribution in [0.3, 0.4) is 0 Å². The van der Waals surface area contributed by atoms with Crippen LogP contribution in [0, 0.1) is 6.92 Å². The zero-order valence-electron chi connectivity index (χ0n) is 13.3. The fourth-order valence-corrected chi connectivity index (χ4v) is 3.20. The maximum Gasteiger partial charge on any atom is 0.182 e. The zero-order chi connectivity index (χ0) is 17.1. The smallest absolute Gasteiger partial charge is 0.182 e. The second-order valence-corrected chi connectivity index (χ2v) is 6.99. The van der Waals surface area contributed by atoms with Crippen molar-refractivity contribution in [3.63, 3.8) is 0 Å². The fraction of sp³-hybridized carbons (Fsp3) is 0.111. The Morgan fingerprint density at radius 3 is 2.38 bits per heavy atom. The summed E-state index contributed by atoms with van der Waals surface area (Å²) in [6.45, 7) is 1.99. The van der Waals surface area contributed by atoms with E-state index >= 15 is 0 Å². The van der Waals surface area contributed by atoms with Gasteiger partial charge in [-0.05, 0) is 31.2 Å². The maximum atomic E-state index is 12.7. The van der Waals surface area contributed by atoms with E-state index in [-0.39, 0.29) is 0 Å². The van der Waals surface area contributed by atoms with Crippen molar-refractivity contribution in [2.45, 2.75) is 11.8 Å². The van der Waals surface area contributed by atoms with Gasteiger partial charge in [0.15, 0.2) is 4.90 Å². The van der Waals surface area contributed by atoms with Crippen molar-refractivity contribution < 1.29 is 4.55 Å². The van der Waals surface area contributed by atoms with Gasteiger partial charge in [0, 0.05) is 17.6 Å². The molecule has 24 heavy (non-hydrogen) atoms. The fourth-order valence-electron chi connectivity index (χ4n) is 2.23. The topological polar surface area (TPSA) is 53.2 Å². The van der Waals surface area contributed by atoms with Gasteiger partial charge in [0.2, 0.25) is 0 Å². The van der Waals surface area contributed by atoms with E-state index in [1.807, 2.05) is 54.9 Å². The third-order valence-corrected chi connectivity index (χ3v) is 4.85. The summed E-state index contributed by atoms with van der Waals surface area (Å²) >= 11 is 4.46. The highest BCUT2D eigenvalue weighted by atomic mass is 35.5. The molecular weight excluding hydrogens is 342 g/mol. The molecule has 0 aliphatic rings. The first-order chi connectivity index (χ1) is 11.5. The van der Waals surface area contributed by atoms with Crippen LogP contribution in [0.4, 0.5) is 0 Å². The van der Waals surface area contributed by atoms with Gasteiger partial charge in [-0.1, -0.05) is 45.8 Å². The number of aryl methyl sites for hydroxylation is 2. The van der Waals surface area contributed by atoms with Crippen LogP contribution in [0.1, 0.15) is 16.8 Å². The molecule has 0 N–H and O–H groups in total. The van der Waals surface area contributed by atoms with E-state index in [1.54, 1.807) is 24.7 Å². The first-order valence-corrected chi connectivity index (χ1v) is 8.83. The van der Waals surface area contributed by atoms with Gasteiger partial charge in [0.25, 0.3) is 0 Å². The maximum absolute atomic E-state index is 12.7. The van der Waals surface area contributed by atoms with Gasteiger partial charge in [-0.15, -0.1) is 0 Å². The summed E-state index contributed by atoms with van der Waals surface area (Å²) in [5.74, 6) is 0. The minimum atomic E-state index is -1.51. The first kappa shape index (κ1) is 16.8. The lowest BCUT2D eigenvalue weighted by atomic mass is 10.1.